The number of likely N-dealkylation sites (N-methyl/N-ethyl adjacent to an activating group) is 1. The maximum atomic E-state index is 3.55. The lowest BCUT2D eigenvalue weighted by molar-refractivity contribution is 0.386. The van der Waals surface area contributed by atoms with E-state index in [1.165, 1.54) is 5.56 Å². The molecule has 1 atom stereocenters. The minimum absolute atomic E-state index is 0.594. The highest BCUT2D eigenvalue weighted by atomic mass is 79.9. The summed E-state index contributed by atoms with van der Waals surface area (Å²) in [5.74, 6) is 0.594. The Hall–Kier alpha value is -0.340. The van der Waals surface area contributed by atoms with Gasteiger partial charge in [0.15, 0.2) is 0 Å². The van der Waals surface area contributed by atoms with Crippen LogP contribution in [0.25, 0.3) is 0 Å². The zero-order valence-corrected chi connectivity index (χ0v) is 9.79. The van der Waals surface area contributed by atoms with E-state index in [1.54, 1.807) is 0 Å². The number of hydrogen-bond donors (Lipinski definition) is 0. The summed E-state index contributed by atoms with van der Waals surface area (Å²) in [6.45, 7) is 1.09. The van der Waals surface area contributed by atoms with E-state index in [1.807, 2.05) is 0 Å². The lowest BCUT2D eigenvalue weighted by atomic mass is 10.0. The van der Waals surface area contributed by atoms with Crippen molar-refractivity contribution in [2.75, 3.05) is 26.0 Å². The van der Waals surface area contributed by atoms with E-state index in [2.05, 4.69) is 65.3 Å². The zero-order chi connectivity index (χ0) is 9.68. The Morgan fingerprint density at radius 3 is 2.31 bits per heavy atom. The lowest BCUT2D eigenvalue weighted by Crippen LogP contribution is -2.21. The van der Waals surface area contributed by atoms with Gasteiger partial charge in [-0.2, -0.15) is 0 Å². The van der Waals surface area contributed by atoms with Gasteiger partial charge in [0, 0.05) is 17.8 Å². The fourth-order valence-electron chi connectivity index (χ4n) is 1.41. The lowest BCUT2D eigenvalue weighted by Gasteiger charge is -2.19. The van der Waals surface area contributed by atoms with Crippen LogP contribution in [0.5, 0.6) is 0 Å². The van der Waals surface area contributed by atoms with Crippen molar-refractivity contribution in [3.63, 3.8) is 0 Å². The maximum Gasteiger partial charge on any atom is 0.0112 e. The maximum absolute atomic E-state index is 3.55. The third-order valence-electron chi connectivity index (χ3n) is 2.04. The number of alkyl halides is 1. The van der Waals surface area contributed by atoms with Crippen LogP contribution in [0.2, 0.25) is 0 Å². The summed E-state index contributed by atoms with van der Waals surface area (Å²) in [5.41, 5.74) is 1.41. The van der Waals surface area contributed by atoms with Gasteiger partial charge in [-0.05, 0) is 19.7 Å². The predicted molar refractivity (Wildman–Crippen MR) is 61.5 cm³/mol. The first kappa shape index (κ1) is 10.7. The second kappa shape index (κ2) is 5.40. The van der Waals surface area contributed by atoms with Crippen molar-refractivity contribution < 1.29 is 0 Å². The molecule has 1 aromatic rings. The summed E-state index contributed by atoms with van der Waals surface area (Å²) in [4.78, 5) is 2.22. The van der Waals surface area contributed by atoms with E-state index < -0.39 is 0 Å². The summed E-state index contributed by atoms with van der Waals surface area (Å²) in [6.07, 6.45) is 0. The van der Waals surface area contributed by atoms with Crippen LogP contribution in [-0.2, 0) is 0 Å². The van der Waals surface area contributed by atoms with Crippen molar-refractivity contribution in [3.05, 3.63) is 35.9 Å². The molecule has 72 valence electrons. The molecule has 1 rings (SSSR count). The number of nitrogens with zero attached hydrogens (tertiary/aromatic N) is 1. The highest BCUT2D eigenvalue weighted by Crippen LogP contribution is 2.18. The normalized spacial score (nSPS) is 13.2. The van der Waals surface area contributed by atoms with Crippen molar-refractivity contribution in [1.29, 1.82) is 0 Å². The molecule has 0 amide bonds. The van der Waals surface area contributed by atoms with E-state index in [-0.39, 0.29) is 0 Å². The Kier molecular flexibility index (Phi) is 4.46. The molecule has 0 aliphatic carbocycles. The van der Waals surface area contributed by atoms with Crippen molar-refractivity contribution >= 4 is 15.9 Å². The molecule has 1 aromatic carbocycles. The number of hydrogen-bond acceptors (Lipinski definition) is 1. The van der Waals surface area contributed by atoms with Gasteiger partial charge in [0.25, 0.3) is 0 Å². The van der Waals surface area contributed by atoms with Crippen LogP contribution in [0, 0.1) is 0 Å². The largest absolute Gasteiger partial charge is 0.309 e. The van der Waals surface area contributed by atoms with Gasteiger partial charge in [-0.15, -0.1) is 0 Å². The molecule has 0 fully saturated rings. The fourth-order valence-corrected chi connectivity index (χ4v) is 1.99. The monoisotopic (exact) mass is 241 g/mol. The Bertz CT molecular complexity index is 233. The Morgan fingerprint density at radius 1 is 1.23 bits per heavy atom. The topological polar surface area (TPSA) is 3.24 Å². The average Bonchev–Trinajstić information content (AvgIpc) is 2.15. The van der Waals surface area contributed by atoms with Gasteiger partial charge in [-0.25, -0.2) is 0 Å². The molecular weight excluding hydrogens is 226 g/mol. The van der Waals surface area contributed by atoms with E-state index >= 15 is 0 Å². The molecule has 0 aliphatic rings. The Labute approximate surface area is 88.9 Å². The van der Waals surface area contributed by atoms with Gasteiger partial charge in [0.1, 0.15) is 0 Å². The Morgan fingerprint density at radius 2 is 1.85 bits per heavy atom. The SMILES string of the molecule is CN(C)CC(CBr)c1ccccc1. The molecule has 2 heteroatoms. The quantitative estimate of drug-likeness (QED) is 0.734. The van der Waals surface area contributed by atoms with Crippen molar-refractivity contribution in [2.24, 2.45) is 0 Å². The highest BCUT2D eigenvalue weighted by Gasteiger charge is 2.09. The van der Waals surface area contributed by atoms with E-state index in [0.717, 1.165) is 11.9 Å². The second-order valence-corrected chi connectivity index (χ2v) is 4.17. The molecule has 0 aliphatic heterocycles. The number of benzene rings is 1. The summed E-state index contributed by atoms with van der Waals surface area (Å²) < 4.78 is 0. The smallest absolute Gasteiger partial charge is 0.0112 e. The molecular formula is C11H16BrN. The van der Waals surface area contributed by atoms with Crippen LogP contribution in [0.15, 0.2) is 30.3 Å². The third-order valence-corrected chi connectivity index (χ3v) is 2.82. The van der Waals surface area contributed by atoms with Gasteiger partial charge in [0.2, 0.25) is 0 Å². The molecule has 0 radical (unpaired) electrons. The molecule has 1 unspecified atom stereocenters. The third kappa shape index (κ3) is 3.49. The zero-order valence-electron chi connectivity index (χ0n) is 8.20. The first-order valence-corrected chi connectivity index (χ1v) is 5.62. The van der Waals surface area contributed by atoms with Gasteiger partial charge in [0.05, 0.1) is 0 Å². The van der Waals surface area contributed by atoms with Crippen LogP contribution < -0.4 is 0 Å². The predicted octanol–water partition coefficient (Wildman–Crippen LogP) is 2.73. The minimum Gasteiger partial charge on any atom is -0.309 e. The highest BCUT2D eigenvalue weighted by molar-refractivity contribution is 9.09. The molecule has 0 N–H and O–H groups in total. The van der Waals surface area contributed by atoms with E-state index in [9.17, 15) is 0 Å². The van der Waals surface area contributed by atoms with E-state index in [0.29, 0.717) is 5.92 Å². The molecule has 0 spiro atoms. The molecule has 0 saturated heterocycles. The molecule has 0 bridgehead atoms. The minimum atomic E-state index is 0.594. The van der Waals surface area contributed by atoms with Gasteiger partial charge < -0.3 is 4.90 Å². The summed E-state index contributed by atoms with van der Waals surface area (Å²) in [5, 5.41) is 1.02. The standard InChI is InChI=1S/C11H16BrN/c1-13(2)9-11(8-12)10-6-4-3-5-7-10/h3-7,11H,8-9H2,1-2H3. The summed E-state index contributed by atoms with van der Waals surface area (Å²) in [7, 11) is 4.22. The number of halogens is 1. The fraction of sp³-hybridized carbons (Fsp3) is 0.455. The molecule has 0 aromatic heterocycles. The summed E-state index contributed by atoms with van der Waals surface area (Å²) >= 11 is 3.55. The first-order chi connectivity index (χ1) is 6.24. The average molecular weight is 242 g/mol. The Balaban J connectivity index is 2.67. The van der Waals surface area contributed by atoms with Crippen molar-refractivity contribution in [3.8, 4) is 0 Å². The van der Waals surface area contributed by atoms with Gasteiger partial charge in [-0.3, -0.25) is 0 Å². The second-order valence-electron chi connectivity index (χ2n) is 3.52. The first-order valence-electron chi connectivity index (χ1n) is 4.49. The van der Waals surface area contributed by atoms with Crippen LogP contribution >= 0.6 is 15.9 Å². The van der Waals surface area contributed by atoms with Crippen LogP contribution in [0.4, 0.5) is 0 Å². The van der Waals surface area contributed by atoms with Crippen molar-refractivity contribution in [1.82, 2.24) is 4.90 Å². The molecule has 1 nitrogen and oxygen atoms in total. The van der Waals surface area contributed by atoms with Gasteiger partial charge >= 0.3 is 0 Å². The van der Waals surface area contributed by atoms with Crippen LogP contribution in [-0.4, -0.2) is 30.9 Å². The number of rotatable bonds is 4. The van der Waals surface area contributed by atoms with Crippen molar-refractivity contribution in [2.45, 2.75) is 5.92 Å². The molecule has 13 heavy (non-hydrogen) atoms. The van der Waals surface area contributed by atoms with Gasteiger partial charge in [-0.1, -0.05) is 46.3 Å². The molecule has 0 saturated carbocycles. The van der Waals surface area contributed by atoms with Crippen LogP contribution in [0.1, 0.15) is 11.5 Å². The van der Waals surface area contributed by atoms with Crippen LogP contribution in [0.3, 0.4) is 0 Å². The molecule has 0 heterocycles. The van der Waals surface area contributed by atoms with E-state index in [4.69, 9.17) is 0 Å². The summed E-state index contributed by atoms with van der Waals surface area (Å²) in [6, 6.07) is 10.6.